The molecule has 2 atom stereocenters. The second-order valence-corrected chi connectivity index (χ2v) is 4.38. The Bertz CT molecular complexity index is 326. The molecule has 1 saturated carbocycles. The molecule has 1 aromatic heterocycles. The van der Waals surface area contributed by atoms with Crippen molar-refractivity contribution in [3.05, 3.63) is 16.6 Å². The number of rotatable bonds is 3. The maximum Gasteiger partial charge on any atom is 0.271 e. The van der Waals surface area contributed by atoms with Gasteiger partial charge in [0.1, 0.15) is 5.69 Å². The molecule has 2 rings (SSSR count). The van der Waals surface area contributed by atoms with Gasteiger partial charge in [-0.1, -0.05) is 0 Å². The van der Waals surface area contributed by atoms with Crippen molar-refractivity contribution >= 4 is 17.2 Å². The fourth-order valence-electron chi connectivity index (χ4n) is 1.94. The summed E-state index contributed by atoms with van der Waals surface area (Å²) >= 11 is 1.43. The highest BCUT2D eigenvalue weighted by atomic mass is 32.1. The summed E-state index contributed by atoms with van der Waals surface area (Å²) in [5, 5.41) is 4.72. The number of carbonyl (C=O) groups excluding carboxylic acids is 1. The van der Waals surface area contributed by atoms with Gasteiger partial charge in [-0.05, 0) is 19.3 Å². The van der Waals surface area contributed by atoms with Gasteiger partial charge in [-0.25, -0.2) is 4.98 Å². The summed E-state index contributed by atoms with van der Waals surface area (Å²) in [6, 6.07) is 0.143. The van der Waals surface area contributed by atoms with Crippen LogP contribution in [0.25, 0.3) is 0 Å². The van der Waals surface area contributed by atoms with Gasteiger partial charge in [0.15, 0.2) is 0 Å². The Morgan fingerprint density at radius 2 is 2.53 bits per heavy atom. The van der Waals surface area contributed by atoms with Gasteiger partial charge in [-0.3, -0.25) is 4.79 Å². The Balaban J connectivity index is 1.94. The molecule has 1 amide bonds. The van der Waals surface area contributed by atoms with E-state index in [0.29, 0.717) is 5.69 Å². The van der Waals surface area contributed by atoms with E-state index in [1.54, 1.807) is 18.0 Å². The van der Waals surface area contributed by atoms with Gasteiger partial charge < -0.3 is 10.1 Å². The lowest BCUT2D eigenvalue weighted by Gasteiger charge is -2.18. The summed E-state index contributed by atoms with van der Waals surface area (Å²) in [6.07, 6.45) is 3.29. The van der Waals surface area contributed by atoms with Gasteiger partial charge in [-0.2, -0.15) is 0 Å². The van der Waals surface area contributed by atoms with Crippen LogP contribution < -0.4 is 5.32 Å². The number of aromatic nitrogens is 1. The van der Waals surface area contributed by atoms with Gasteiger partial charge in [0.2, 0.25) is 0 Å². The normalized spacial score (nSPS) is 25.4. The van der Waals surface area contributed by atoms with E-state index in [1.165, 1.54) is 11.3 Å². The highest BCUT2D eigenvalue weighted by molar-refractivity contribution is 7.07. The average Bonchev–Trinajstić information content (AvgIpc) is 2.87. The molecule has 1 aliphatic rings. The molecule has 1 aliphatic carbocycles. The molecule has 0 aromatic carbocycles. The van der Waals surface area contributed by atoms with E-state index in [9.17, 15) is 4.79 Å². The van der Waals surface area contributed by atoms with Crippen LogP contribution in [0.5, 0.6) is 0 Å². The molecule has 1 fully saturated rings. The summed E-state index contributed by atoms with van der Waals surface area (Å²) in [6.45, 7) is 0. The van der Waals surface area contributed by atoms with Crippen molar-refractivity contribution in [1.82, 2.24) is 10.3 Å². The Morgan fingerprint density at radius 3 is 3.20 bits per heavy atom. The zero-order valence-electron chi connectivity index (χ0n) is 8.60. The first kappa shape index (κ1) is 10.6. The van der Waals surface area contributed by atoms with Crippen molar-refractivity contribution < 1.29 is 9.53 Å². The monoisotopic (exact) mass is 226 g/mol. The van der Waals surface area contributed by atoms with Gasteiger partial charge >= 0.3 is 0 Å². The van der Waals surface area contributed by atoms with Crippen molar-refractivity contribution in [3.63, 3.8) is 0 Å². The van der Waals surface area contributed by atoms with Crippen LogP contribution >= 0.6 is 11.3 Å². The van der Waals surface area contributed by atoms with Crippen molar-refractivity contribution in [2.75, 3.05) is 7.11 Å². The highest BCUT2D eigenvalue weighted by Gasteiger charge is 2.28. The highest BCUT2D eigenvalue weighted by Crippen LogP contribution is 2.21. The largest absolute Gasteiger partial charge is 0.379 e. The quantitative estimate of drug-likeness (QED) is 0.848. The Hall–Kier alpha value is -0.940. The average molecular weight is 226 g/mol. The fraction of sp³-hybridized carbons (Fsp3) is 0.600. The minimum atomic E-state index is -0.0924. The number of nitrogens with zero attached hydrogens (tertiary/aromatic N) is 1. The van der Waals surface area contributed by atoms with Gasteiger partial charge in [0.05, 0.1) is 17.7 Å². The Kier molecular flexibility index (Phi) is 3.33. The summed E-state index contributed by atoms with van der Waals surface area (Å²) in [4.78, 5) is 15.7. The molecule has 0 saturated heterocycles. The van der Waals surface area contributed by atoms with E-state index in [2.05, 4.69) is 10.3 Å². The molecule has 0 radical (unpaired) electrons. The predicted octanol–water partition coefficient (Wildman–Crippen LogP) is 1.44. The summed E-state index contributed by atoms with van der Waals surface area (Å²) in [5.74, 6) is -0.0924. The number of methoxy groups -OCH3 is 1. The predicted molar refractivity (Wildman–Crippen MR) is 58.0 cm³/mol. The van der Waals surface area contributed by atoms with Gasteiger partial charge in [0, 0.05) is 12.5 Å². The third-order valence-electron chi connectivity index (χ3n) is 2.74. The third-order valence-corrected chi connectivity index (χ3v) is 3.32. The molecule has 1 N–H and O–H groups in total. The smallest absolute Gasteiger partial charge is 0.271 e. The summed E-state index contributed by atoms with van der Waals surface area (Å²) < 4.78 is 5.31. The number of hydrogen-bond donors (Lipinski definition) is 1. The van der Waals surface area contributed by atoms with Crippen LogP contribution in [0.2, 0.25) is 0 Å². The zero-order valence-corrected chi connectivity index (χ0v) is 9.42. The Morgan fingerprint density at radius 1 is 1.67 bits per heavy atom. The molecule has 82 valence electrons. The van der Waals surface area contributed by atoms with Crippen molar-refractivity contribution in [2.24, 2.45) is 0 Å². The maximum absolute atomic E-state index is 11.7. The molecular formula is C10H14N2O2S. The number of thiazole rings is 1. The topological polar surface area (TPSA) is 51.2 Å². The molecule has 4 nitrogen and oxygen atoms in total. The zero-order chi connectivity index (χ0) is 10.7. The Labute approximate surface area is 92.7 Å². The molecule has 1 heterocycles. The lowest BCUT2D eigenvalue weighted by Crippen LogP contribution is -2.40. The maximum atomic E-state index is 11.7. The van der Waals surface area contributed by atoms with E-state index in [4.69, 9.17) is 4.74 Å². The van der Waals surface area contributed by atoms with Crippen LogP contribution in [-0.2, 0) is 4.74 Å². The molecule has 0 bridgehead atoms. The minimum absolute atomic E-state index is 0.0924. The lowest BCUT2D eigenvalue weighted by atomic mass is 10.2. The SMILES string of the molecule is COC1CCCC1NC(=O)c1cscn1. The summed E-state index contributed by atoms with van der Waals surface area (Å²) in [5.41, 5.74) is 2.17. The molecule has 0 spiro atoms. The van der Waals surface area contributed by atoms with E-state index < -0.39 is 0 Å². The number of carbonyl (C=O) groups is 1. The van der Waals surface area contributed by atoms with Crippen LogP contribution in [-0.4, -0.2) is 30.1 Å². The van der Waals surface area contributed by atoms with E-state index in [-0.39, 0.29) is 18.1 Å². The molecular weight excluding hydrogens is 212 g/mol. The number of nitrogens with one attached hydrogen (secondary N) is 1. The molecule has 0 aliphatic heterocycles. The van der Waals surface area contributed by atoms with Gasteiger partial charge in [0.25, 0.3) is 5.91 Å². The van der Waals surface area contributed by atoms with E-state index in [1.807, 2.05) is 0 Å². The van der Waals surface area contributed by atoms with Gasteiger partial charge in [-0.15, -0.1) is 11.3 Å². The summed E-state index contributed by atoms with van der Waals surface area (Å²) in [7, 11) is 1.69. The van der Waals surface area contributed by atoms with Crippen molar-refractivity contribution in [1.29, 1.82) is 0 Å². The van der Waals surface area contributed by atoms with Crippen LogP contribution in [0.1, 0.15) is 29.8 Å². The second kappa shape index (κ2) is 4.72. The first-order valence-corrected chi connectivity index (χ1v) is 5.97. The molecule has 15 heavy (non-hydrogen) atoms. The fourth-order valence-corrected chi connectivity index (χ4v) is 2.47. The van der Waals surface area contributed by atoms with Crippen molar-refractivity contribution in [2.45, 2.75) is 31.4 Å². The van der Waals surface area contributed by atoms with Crippen LogP contribution in [0.4, 0.5) is 0 Å². The second-order valence-electron chi connectivity index (χ2n) is 3.66. The first-order chi connectivity index (χ1) is 7.31. The number of ether oxygens (including phenoxy) is 1. The minimum Gasteiger partial charge on any atom is -0.379 e. The number of amides is 1. The van der Waals surface area contributed by atoms with E-state index >= 15 is 0 Å². The van der Waals surface area contributed by atoms with Crippen LogP contribution in [0.15, 0.2) is 10.9 Å². The van der Waals surface area contributed by atoms with E-state index in [0.717, 1.165) is 19.3 Å². The van der Waals surface area contributed by atoms with Crippen LogP contribution in [0.3, 0.4) is 0 Å². The standard InChI is InChI=1S/C10H14N2O2S/c1-14-9-4-2-3-7(9)12-10(13)8-5-15-6-11-8/h5-7,9H,2-4H2,1H3,(H,12,13). The van der Waals surface area contributed by atoms with Crippen LogP contribution in [0, 0.1) is 0 Å². The lowest BCUT2D eigenvalue weighted by molar-refractivity contribution is 0.0719. The first-order valence-electron chi connectivity index (χ1n) is 5.03. The van der Waals surface area contributed by atoms with Crippen molar-refractivity contribution in [3.8, 4) is 0 Å². The molecule has 2 unspecified atom stereocenters. The third kappa shape index (κ3) is 2.35. The molecule has 5 heteroatoms. The number of hydrogen-bond acceptors (Lipinski definition) is 4. The molecule has 1 aromatic rings.